The highest BCUT2D eigenvalue weighted by atomic mass is 79.9. The number of aldehydes is 1. The van der Waals surface area contributed by atoms with Gasteiger partial charge in [-0.15, -0.1) is 0 Å². The summed E-state index contributed by atoms with van der Waals surface area (Å²) in [6.07, 6.45) is 2.45. The number of ketones is 1. The molecule has 0 aliphatic rings. The molecule has 6 heteroatoms. The van der Waals surface area contributed by atoms with Crippen LogP contribution in [-0.4, -0.2) is 22.5 Å². The number of hydrogen-bond donors (Lipinski definition) is 1. The Bertz CT molecular complexity index is 974. The molecule has 5 nitrogen and oxygen atoms in total. The predicted octanol–water partition coefficient (Wildman–Crippen LogP) is 4.06. The number of rotatable bonds is 5. The summed E-state index contributed by atoms with van der Waals surface area (Å²) in [5, 5.41) is 3.59. The molecule has 126 valence electrons. The smallest absolute Gasteiger partial charge is 0.244 e. The third-order valence-electron chi connectivity index (χ3n) is 3.89. The van der Waals surface area contributed by atoms with Gasteiger partial charge in [-0.1, -0.05) is 15.9 Å². The molecule has 0 atom stereocenters. The lowest BCUT2D eigenvalue weighted by atomic mass is 10.1. The molecule has 1 N–H and O–H groups in total. The van der Waals surface area contributed by atoms with E-state index in [9.17, 15) is 14.4 Å². The third kappa shape index (κ3) is 3.69. The second-order valence-corrected chi connectivity index (χ2v) is 6.59. The zero-order valence-corrected chi connectivity index (χ0v) is 15.0. The van der Waals surface area contributed by atoms with Crippen LogP contribution >= 0.6 is 15.9 Å². The first-order valence-corrected chi connectivity index (χ1v) is 8.41. The average molecular weight is 399 g/mol. The van der Waals surface area contributed by atoms with E-state index in [1.807, 2.05) is 18.2 Å². The number of aromatic nitrogens is 1. The molecule has 3 aromatic rings. The highest BCUT2D eigenvalue weighted by Gasteiger charge is 2.11. The van der Waals surface area contributed by atoms with Crippen LogP contribution in [0.1, 0.15) is 27.6 Å². The molecule has 0 saturated carbocycles. The number of hydrogen-bond acceptors (Lipinski definition) is 3. The first-order chi connectivity index (χ1) is 12.0. The second-order valence-electron chi connectivity index (χ2n) is 5.67. The molecule has 25 heavy (non-hydrogen) atoms. The molecule has 0 aliphatic carbocycles. The summed E-state index contributed by atoms with van der Waals surface area (Å²) in [7, 11) is 0. The van der Waals surface area contributed by atoms with E-state index in [2.05, 4.69) is 21.2 Å². The maximum absolute atomic E-state index is 12.3. The number of carbonyl (C=O) groups excluding carboxylic acids is 3. The summed E-state index contributed by atoms with van der Waals surface area (Å²) >= 11 is 3.39. The van der Waals surface area contributed by atoms with E-state index < -0.39 is 0 Å². The van der Waals surface area contributed by atoms with Crippen molar-refractivity contribution in [2.45, 2.75) is 13.5 Å². The normalized spacial score (nSPS) is 10.6. The predicted molar refractivity (Wildman–Crippen MR) is 100 cm³/mol. The van der Waals surface area contributed by atoms with Crippen molar-refractivity contribution < 1.29 is 14.4 Å². The van der Waals surface area contributed by atoms with E-state index in [-0.39, 0.29) is 18.2 Å². The number of nitrogens with zero attached hydrogens (tertiary/aromatic N) is 1. The Morgan fingerprint density at radius 2 is 1.88 bits per heavy atom. The molecule has 0 aliphatic heterocycles. The fraction of sp³-hybridized carbons (Fsp3) is 0.105. The van der Waals surface area contributed by atoms with Gasteiger partial charge in [0, 0.05) is 38.4 Å². The number of halogens is 1. The van der Waals surface area contributed by atoms with Crippen LogP contribution in [0.3, 0.4) is 0 Å². The van der Waals surface area contributed by atoms with Gasteiger partial charge in [0.15, 0.2) is 12.1 Å². The van der Waals surface area contributed by atoms with Crippen LogP contribution in [0, 0.1) is 0 Å². The monoisotopic (exact) mass is 398 g/mol. The molecule has 0 radical (unpaired) electrons. The summed E-state index contributed by atoms with van der Waals surface area (Å²) in [5.41, 5.74) is 2.56. The first kappa shape index (κ1) is 17.1. The van der Waals surface area contributed by atoms with E-state index in [0.29, 0.717) is 16.8 Å². The quantitative estimate of drug-likeness (QED) is 0.520. The zero-order chi connectivity index (χ0) is 18.0. The lowest BCUT2D eigenvalue weighted by molar-refractivity contribution is -0.116. The number of carbonyl (C=O) groups is 3. The van der Waals surface area contributed by atoms with Crippen molar-refractivity contribution in [2.24, 2.45) is 0 Å². The van der Waals surface area contributed by atoms with Crippen molar-refractivity contribution in [3.8, 4) is 0 Å². The van der Waals surface area contributed by atoms with Crippen molar-refractivity contribution in [1.29, 1.82) is 0 Å². The van der Waals surface area contributed by atoms with Crippen LogP contribution in [-0.2, 0) is 11.3 Å². The van der Waals surface area contributed by atoms with Crippen molar-refractivity contribution in [3.63, 3.8) is 0 Å². The number of benzene rings is 2. The molecule has 2 aromatic carbocycles. The van der Waals surface area contributed by atoms with Gasteiger partial charge < -0.3 is 9.88 Å². The first-order valence-electron chi connectivity index (χ1n) is 7.62. The largest absolute Gasteiger partial charge is 0.337 e. The third-order valence-corrected chi connectivity index (χ3v) is 4.38. The van der Waals surface area contributed by atoms with Gasteiger partial charge in [-0.2, -0.15) is 0 Å². The summed E-state index contributed by atoms with van der Waals surface area (Å²) in [6.45, 7) is 1.58. The lowest BCUT2D eigenvalue weighted by Gasteiger charge is -2.08. The van der Waals surface area contributed by atoms with Gasteiger partial charge in [0.05, 0.1) is 0 Å². The molecular formula is C19H15BrN2O3. The van der Waals surface area contributed by atoms with Gasteiger partial charge >= 0.3 is 0 Å². The molecule has 0 spiro atoms. The van der Waals surface area contributed by atoms with Gasteiger partial charge in [-0.25, -0.2) is 0 Å². The molecule has 3 rings (SSSR count). The fourth-order valence-corrected chi connectivity index (χ4v) is 3.03. The van der Waals surface area contributed by atoms with E-state index in [1.54, 1.807) is 35.0 Å². The Kier molecular flexibility index (Phi) is 4.81. The number of Topliss-reactive ketones (excluding diaryl/α,β-unsaturated/α-hetero) is 1. The molecule has 0 fully saturated rings. The van der Waals surface area contributed by atoms with Crippen LogP contribution in [0.5, 0.6) is 0 Å². The van der Waals surface area contributed by atoms with Crippen molar-refractivity contribution in [1.82, 2.24) is 4.57 Å². The van der Waals surface area contributed by atoms with Gasteiger partial charge in [0.2, 0.25) is 5.91 Å². The van der Waals surface area contributed by atoms with Gasteiger partial charge in [-0.3, -0.25) is 14.4 Å². The van der Waals surface area contributed by atoms with Crippen LogP contribution in [0.25, 0.3) is 10.9 Å². The van der Waals surface area contributed by atoms with Gasteiger partial charge in [-0.05, 0) is 49.4 Å². The van der Waals surface area contributed by atoms with E-state index in [1.165, 1.54) is 6.92 Å². The van der Waals surface area contributed by atoms with Crippen molar-refractivity contribution in [3.05, 3.63) is 64.3 Å². The molecule has 0 unspecified atom stereocenters. The molecule has 0 bridgehead atoms. The number of fused-ring (bicyclic) bond motifs is 1. The zero-order valence-electron chi connectivity index (χ0n) is 13.5. The fourth-order valence-electron chi connectivity index (χ4n) is 2.67. The van der Waals surface area contributed by atoms with E-state index >= 15 is 0 Å². The Morgan fingerprint density at radius 3 is 2.52 bits per heavy atom. The van der Waals surface area contributed by atoms with E-state index in [0.717, 1.165) is 21.7 Å². The van der Waals surface area contributed by atoms with Crippen molar-refractivity contribution in [2.75, 3.05) is 5.32 Å². The minimum Gasteiger partial charge on any atom is -0.337 e. The number of nitrogens with one attached hydrogen (secondary N) is 1. The maximum Gasteiger partial charge on any atom is 0.244 e. The Labute approximate surface area is 152 Å². The van der Waals surface area contributed by atoms with Crippen LogP contribution < -0.4 is 5.32 Å². The average Bonchev–Trinajstić information content (AvgIpc) is 2.92. The standard InChI is InChI=1S/C19H15BrN2O3/c1-12(24)13-2-5-16(6-3-13)21-19(25)10-22-9-14(11-23)17-8-15(20)4-7-18(17)22/h2-9,11H,10H2,1H3,(H,21,25). The summed E-state index contributed by atoms with van der Waals surface area (Å²) in [4.78, 5) is 34.8. The van der Waals surface area contributed by atoms with Crippen LogP contribution in [0.2, 0.25) is 0 Å². The maximum atomic E-state index is 12.3. The Balaban J connectivity index is 1.80. The van der Waals surface area contributed by atoms with Gasteiger partial charge in [0.25, 0.3) is 0 Å². The molecular weight excluding hydrogens is 384 g/mol. The summed E-state index contributed by atoms with van der Waals surface area (Å²) in [5.74, 6) is -0.239. The second kappa shape index (κ2) is 7.03. The SMILES string of the molecule is CC(=O)c1ccc(NC(=O)Cn2cc(C=O)c3cc(Br)ccc32)cc1. The Hall–Kier alpha value is -2.73. The van der Waals surface area contributed by atoms with Crippen LogP contribution in [0.4, 0.5) is 5.69 Å². The lowest BCUT2D eigenvalue weighted by Crippen LogP contribution is -2.18. The highest BCUT2D eigenvalue weighted by molar-refractivity contribution is 9.10. The topological polar surface area (TPSA) is 68.2 Å². The minimum atomic E-state index is -0.215. The number of amides is 1. The summed E-state index contributed by atoms with van der Waals surface area (Å²) in [6, 6.07) is 12.3. The molecule has 1 amide bonds. The highest BCUT2D eigenvalue weighted by Crippen LogP contribution is 2.24. The van der Waals surface area contributed by atoms with Gasteiger partial charge in [0.1, 0.15) is 6.54 Å². The van der Waals surface area contributed by atoms with E-state index in [4.69, 9.17) is 0 Å². The summed E-state index contributed by atoms with van der Waals surface area (Å²) < 4.78 is 2.61. The van der Waals surface area contributed by atoms with Crippen LogP contribution in [0.15, 0.2) is 53.1 Å². The Morgan fingerprint density at radius 1 is 1.16 bits per heavy atom. The minimum absolute atomic E-state index is 0.0239. The molecule has 0 saturated heterocycles. The van der Waals surface area contributed by atoms with Crippen molar-refractivity contribution >= 4 is 50.5 Å². The number of anilines is 1. The molecule has 1 aromatic heterocycles. The molecule has 1 heterocycles.